The number of anilines is 1. The van der Waals surface area contributed by atoms with Crippen molar-refractivity contribution in [2.75, 3.05) is 5.73 Å². The topological polar surface area (TPSA) is 43.3 Å². The third kappa shape index (κ3) is 1.74. The second kappa shape index (κ2) is 4.05. The Morgan fingerprint density at radius 1 is 1.16 bits per heavy atom. The van der Waals surface area contributed by atoms with E-state index in [0.29, 0.717) is 17.2 Å². The molecule has 0 amide bonds. The Morgan fingerprint density at radius 3 is 2.63 bits per heavy atom. The van der Waals surface area contributed by atoms with E-state index in [-0.39, 0.29) is 5.56 Å². The molecule has 0 bridgehead atoms. The van der Waals surface area contributed by atoms with Gasteiger partial charge in [0.2, 0.25) is 0 Å². The number of aromatic nitrogens is 2. The molecule has 96 valence electrons. The molecule has 1 aromatic carbocycles. The zero-order valence-corrected chi connectivity index (χ0v) is 10.2. The molecule has 0 aliphatic rings. The standard InChI is InChI=1S/C14H11F2N3/c1-8-3-2-4-12-18-13(14(17)19(8)12)10-6-5-9(15)7-11(10)16/h2-7H,17H2,1H3. The number of imidazole rings is 1. The van der Waals surface area contributed by atoms with E-state index in [1.54, 1.807) is 10.5 Å². The maximum atomic E-state index is 13.8. The first-order chi connectivity index (χ1) is 9.08. The summed E-state index contributed by atoms with van der Waals surface area (Å²) in [6, 6.07) is 8.88. The van der Waals surface area contributed by atoms with Gasteiger partial charge in [0.25, 0.3) is 0 Å². The van der Waals surface area contributed by atoms with Crippen LogP contribution in [0.3, 0.4) is 0 Å². The van der Waals surface area contributed by atoms with Crippen molar-refractivity contribution in [2.45, 2.75) is 6.92 Å². The highest BCUT2D eigenvalue weighted by Crippen LogP contribution is 2.29. The zero-order valence-electron chi connectivity index (χ0n) is 10.2. The normalized spacial score (nSPS) is 11.1. The van der Waals surface area contributed by atoms with E-state index in [1.807, 2.05) is 19.1 Å². The number of nitrogens with zero attached hydrogens (tertiary/aromatic N) is 2. The first-order valence-electron chi connectivity index (χ1n) is 5.77. The fraction of sp³-hybridized carbons (Fsp3) is 0.0714. The van der Waals surface area contributed by atoms with E-state index in [9.17, 15) is 8.78 Å². The summed E-state index contributed by atoms with van der Waals surface area (Å²) in [5, 5.41) is 0. The van der Waals surface area contributed by atoms with Crippen LogP contribution in [-0.2, 0) is 0 Å². The third-order valence-corrected chi connectivity index (χ3v) is 3.06. The lowest BCUT2D eigenvalue weighted by Crippen LogP contribution is -1.98. The number of halogens is 2. The van der Waals surface area contributed by atoms with E-state index in [0.717, 1.165) is 11.8 Å². The van der Waals surface area contributed by atoms with Gasteiger partial charge >= 0.3 is 0 Å². The predicted molar refractivity (Wildman–Crippen MR) is 69.7 cm³/mol. The van der Waals surface area contributed by atoms with Gasteiger partial charge in [-0.25, -0.2) is 13.8 Å². The highest BCUT2D eigenvalue weighted by molar-refractivity contribution is 5.75. The second-order valence-electron chi connectivity index (χ2n) is 4.33. The molecule has 19 heavy (non-hydrogen) atoms. The van der Waals surface area contributed by atoms with Gasteiger partial charge in [-0.3, -0.25) is 4.40 Å². The first-order valence-corrected chi connectivity index (χ1v) is 5.77. The molecule has 2 N–H and O–H groups in total. The molecule has 0 aliphatic heterocycles. The molecule has 0 atom stereocenters. The van der Waals surface area contributed by atoms with Crippen molar-refractivity contribution in [3.8, 4) is 11.3 Å². The summed E-state index contributed by atoms with van der Waals surface area (Å²) in [6.07, 6.45) is 0. The lowest BCUT2D eigenvalue weighted by atomic mass is 10.1. The Balaban J connectivity index is 2.31. The average molecular weight is 259 g/mol. The fourth-order valence-electron chi connectivity index (χ4n) is 2.16. The van der Waals surface area contributed by atoms with E-state index in [2.05, 4.69) is 4.98 Å². The highest BCUT2D eigenvalue weighted by Gasteiger charge is 2.16. The lowest BCUT2D eigenvalue weighted by molar-refractivity contribution is 0.585. The number of fused-ring (bicyclic) bond motifs is 1. The molecule has 0 fully saturated rings. The molecule has 3 nitrogen and oxygen atoms in total. The SMILES string of the molecule is Cc1cccc2nc(-c3ccc(F)cc3F)c(N)n12. The van der Waals surface area contributed by atoms with Crippen LogP contribution in [0, 0.1) is 18.6 Å². The summed E-state index contributed by atoms with van der Waals surface area (Å²) in [5.41, 5.74) is 8.08. The second-order valence-corrected chi connectivity index (χ2v) is 4.33. The van der Waals surface area contributed by atoms with Gasteiger partial charge < -0.3 is 5.73 Å². The van der Waals surface area contributed by atoms with Gasteiger partial charge in [0.1, 0.15) is 28.8 Å². The Bertz CT molecular complexity index is 778. The zero-order chi connectivity index (χ0) is 13.6. The van der Waals surface area contributed by atoms with Crippen LogP contribution in [0.4, 0.5) is 14.6 Å². The number of hydrogen-bond acceptors (Lipinski definition) is 2. The molecule has 0 saturated heterocycles. The molecule has 2 aromatic heterocycles. The Morgan fingerprint density at radius 2 is 1.95 bits per heavy atom. The summed E-state index contributed by atoms with van der Waals surface area (Å²) in [5.74, 6) is -0.953. The number of benzene rings is 1. The molecule has 3 rings (SSSR count). The molecule has 0 spiro atoms. The van der Waals surface area contributed by atoms with Crippen molar-refractivity contribution < 1.29 is 8.78 Å². The molecular weight excluding hydrogens is 248 g/mol. The molecule has 5 heteroatoms. The summed E-state index contributed by atoms with van der Waals surface area (Å²) >= 11 is 0. The van der Waals surface area contributed by atoms with Crippen LogP contribution in [0.5, 0.6) is 0 Å². The van der Waals surface area contributed by atoms with Crippen LogP contribution >= 0.6 is 0 Å². The van der Waals surface area contributed by atoms with Crippen molar-refractivity contribution in [2.24, 2.45) is 0 Å². The van der Waals surface area contributed by atoms with Crippen LogP contribution in [-0.4, -0.2) is 9.38 Å². The quantitative estimate of drug-likeness (QED) is 0.729. The molecule has 2 heterocycles. The summed E-state index contributed by atoms with van der Waals surface area (Å²) in [6.45, 7) is 1.88. The third-order valence-electron chi connectivity index (χ3n) is 3.06. The van der Waals surface area contributed by atoms with Gasteiger partial charge in [0, 0.05) is 17.3 Å². The van der Waals surface area contributed by atoms with Gasteiger partial charge in [-0.15, -0.1) is 0 Å². The van der Waals surface area contributed by atoms with Gasteiger partial charge in [-0.2, -0.15) is 0 Å². The van der Waals surface area contributed by atoms with Crippen molar-refractivity contribution in [1.82, 2.24) is 9.38 Å². The van der Waals surface area contributed by atoms with Crippen LogP contribution in [0.15, 0.2) is 36.4 Å². The maximum absolute atomic E-state index is 13.8. The summed E-state index contributed by atoms with van der Waals surface area (Å²) in [7, 11) is 0. The van der Waals surface area contributed by atoms with Gasteiger partial charge in [-0.1, -0.05) is 6.07 Å². The molecule has 0 unspecified atom stereocenters. The molecule has 3 aromatic rings. The van der Waals surface area contributed by atoms with Gasteiger partial charge in [0.15, 0.2) is 0 Å². The Kier molecular flexibility index (Phi) is 2.48. The van der Waals surface area contributed by atoms with Crippen LogP contribution in [0.25, 0.3) is 16.9 Å². The molecule has 0 aliphatic carbocycles. The summed E-state index contributed by atoms with van der Waals surface area (Å²) in [4.78, 5) is 4.31. The monoisotopic (exact) mass is 259 g/mol. The van der Waals surface area contributed by atoms with E-state index in [1.165, 1.54) is 12.1 Å². The number of aryl methyl sites for hydroxylation is 1. The van der Waals surface area contributed by atoms with E-state index < -0.39 is 11.6 Å². The average Bonchev–Trinajstić information content (AvgIpc) is 2.68. The van der Waals surface area contributed by atoms with Crippen LogP contribution < -0.4 is 5.73 Å². The molecular formula is C14H11F2N3. The van der Waals surface area contributed by atoms with E-state index >= 15 is 0 Å². The van der Waals surface area contributed by atoms with Crippen molar-refractivity contribution in [3.63, 3.8) is 0 Å². The van der Waals surface area contributed by atoms with Gasteiger partial charge in [0.05, 0.1) is 0 Å². The number of rotatable bonds is 1. The van der Waals surface area contributed by atoms with E-state index in [4.69, 9.17) is 5.73 Å². The molecule has 0 saturated carbocycles. The van der Waals surface area contributed by atoms with Gasteiger partial charge in [-0.05, 0) is 31.2 Å². The Hall–Kier alpha value is -2.43. The highest BCUT2D eigenvalue weighted by atomic mass is 19.1. The van der Waals surface area contributed by atoms with Crippen LogP contribution in [0.1, 0.15) is 5.69 Å². The number of hydrogen-bond donors (Lipinski definition) is 1. The minimum Gasteiger partial charge on any atom is -0.383 e. The number of pyridine rings is 1. The van der Waals surface area contributed by atoms with Crippen molar-refractivity contribution >= 4 is 11.5 Å². The predicted octanol–water partition coefficient (Wildman–Crippen LogP) is 3.17. The smallest absolute Gasteiger partial charge is 0.139 e. The molecule has 0 radical (unpaired) electrons. The first kappa shape index (κ1) is 11.6. The minimum absolute atomic E-state index is 0.196. The maximum Gasteiger partial charge on any atom is 0.139 e. The Labute approximate surface area is 108 Å². The number of nitrogen functional groups attached to an aromatic ring is 1. The van der Waals surface area contributed by atoms with Crippen molar-refractivity contribution in [3.05, 3.63) is 53.7 Å². The van der Waals surface area contributed by atoms with Crippen molar-refractivity contribution in [1.29, 1.82) is 0 Å². The fourth-order valence-corrected chi connectivity index (χ4v) is 2.16. The van der Waals surface area contributed by atoms with Crippen LogP contribution in [0.2, 0.25) is 0 Å². The summed E-state index contributed by atoms with van der Waals surface area (Å²) < 4.78 is 28.5. The number of nitrogens with two attached hydrogens (primary N) is 1. The lowest BCUT2D eigenvalue weighted by Gasteiger charge is -2.03. The largest absolute Gasteiger partial charge is 0.383 e. The minimum atomic E-state index is -0.673.